The summed E-state index contributed by atoms with van der Waals surface area (Å²) in [6, 6.07) is 21.0. The van der Waals surface area contributed by atoms with Crippen LogP contribution in [0.4, 0.5) is 11.4 Å². The van der Waals surface area contributed by atoms with Crippen molar-refractivity contribution in [2.24, 2.45) is 0 Å². The lowest BCUT2D eigenvalue weighted by Gasteiger charge is -2.19. The van der Waals surface area contributed by atoms with Gasteiger partial charge in [-0.1, -0.05) is 24.3 Å². The second-order valence-corrected chi connectivity index (χ2v) is 6.66. The maximum absolute atomic E-state index is 12.7. The molecule has 0 heterocycles. The second kappa shape index (κ2) is 9.56. The Hall–Kier alpha value is -3.87. The van der Waals surface area contributed by atoms with Crippen LogP contribution in [0.5, 0.6) is 11.5 Å². The number of rotatable bonds is 8. The van der Waals surface area contributed by atoms with Gasteiger partial charge >= 0.3 is 0 Å². The summed E-state index contributed by atoms with van der Waals surface area (Å²) in [7, 11) is 3.21. The zero-order chi connectivity index (χ0) is 21.5. The summed E-state index contributed by atoms with van der Waals surface area (Å²) in [4.78, 5) is 23.0. The largest absolute Gasteiger partial charge is 0.497 e. The van der Waals surface area contributed by atoms with Crippen molar-refractivity contribution in [3.63, 3.8) is 0 Å². The summed E-state index contributed by atoms with van der Waals surface area (Å²) < 4.78 is 10.5. The fourth-order valence-corrected chi connectivity index (χ4v) is 3.16. The van der Waals surface area contributed by atoms with E-state index < -0.39 is 4.92 Å². The number of hydrogen-bond donors (Lipinski definition) is 1. The first-order chi connectivity index (χ1) is 14.5. The number of carbonyl (C=O) groups is 1. The van der Waals surface area contributed by atoms with E-state index in [-0.39, 0.29) is 23.9 Å². The summed E-state index contributed by atoms with van der Waals surface area (Å²) in [5.41, 5.74) is 2.43. The fourth-order valence-electron chi connectivity index (χ4n) is 3.16. The molecule has 0 unspecified atom stereocenters. The van der Waals surface area contributed by atoms with E-state index in [4.69, 9.17) is 9.47 Å². The van der Waals surface area contributed by atoms with Gasteiger partial charge in [0.1, 0.15) is 11.5 Å². The van der Waals surface area contributed by atoms with Crippen LogP contribution in [0.3, 0.4) is 0 Å². The molecule has 154 valence electrons. The summed E-state index contributed by atoms with van der Waals surface area (Å²) in [6.45, 7) is 0. The molecule has 1 N–H and O–H groups in total. The first kappa shape index (κ1) is 20.9. The standard InChI is InChI=1S/C23H22N2O5/c1-29-20-11-3-16(4-12-20)22(17-5-13-21(30-2)14-6-17)15-23(26)24-18-7-9-19(10-8-18)25(27)28/h3-14,22H,15H2,1-2H3,(H,24,26). The third kappa shape index (κ3) is 5.14. The quantitative estimate of drug-likeness (QED) is 0.430. The van der Waals surface area contributed by atoms with Crippen LogP contribution in [0.2, 0.25) is 0 Å². The van der Waals surface area contributed by atoms with Gasteiger partial charge in [0.15, 0.2) is 0 Å². The minimum absolute atomic E-state index is 0.0256. The summed E-state index contributed by atoms with van der Waals surface area (Å²) >= 11 is 0. The van der Waals surface area contributed by atoms with Crippen molar-refractivity contribution in [3.8, 4) is 11.5 Å². The Morgan fingerprint density at radius 3 is 1.73 bits per heavy atom. The molecular formula is C23H22N2O5. The van der Waals surface area contributed by atoms with Gasteiger partial charge in [0.2, 0.25) is 5.91 Å². The minimum atomic E-state index is -0.477. The monoisotopic (exact) mass is 406 g/mol. The van der Waals surface area contributed by atoms with Gasteiger partial charge in [-0.3, -0.25) is 14.9 Å². The number of nitrogens with zero attached hydrogens (tertiary/aromatic N) is 1. The molecule has 1 amide bonds. The number of ether oxygens (including phenoxy) is 2. The van der Waals surface area contributed by atoms with Crippen LogP contribution in [0, 0.1) is 10.1 Å². The number of anilines is 1. The van der Waals surface area contributed by atoms with Gasteiger partial charge in [-0.2, -0.15) is 0 Å². The van der Waals surface area contributed by atoms with E-state index in [1.165, 1.54) is 24.3 Å². The number of hydrogen-bond acceptors (Lipinski definition) is 5. The Morgan fingerprint density at radius 1 is 0.867 bits per heavy atom. The van der Waals surface area contributed by atoms with Crippen LogP contribution < -0.4 is 14.8 Å². The van der Waals surface area contributed by atoms with Crippen LogP contribution >= 0.6 is 0 Å². The zero-order valence-electron chi connectivity index (χ0n) is 16.7. The molecule has 0 saturated carbocycles. The molecule has 0 spiro atoms. The van der Waals surface area contributed by atoms with Crippen molar-refractivity contribution >= 4 is 17.3 Å². The van der Waals surface area contributed by atoms with Crippen molar-refractivity contribution in [2.45, 2.75) is 12.3 Å². The van der Waals surface area contributed by atoms with Gasteiger partial charge in [-0.15, -0.1) is 0 Å². The number of nitro benzene ring substituents is 1. The molecule has 7 heteroatoms. The SMILES string of the molecule is COc1ccc(C(CC(=O)Nc2ccc([N+](=O)[O-])cc2)c2ccc(OC)cc2)cc1. The number of benzene rings is 3. The van der Waals surface area contributed by atoms with E-state index in [0.29, 0.717) is 5.69 Å². The average Bonchev–Trinajstić information content (AvgIpc) is 2.78. The van der Waals surface area contributed by atoms with E-state index >= 15 is 0 Å². The Morgan fingerprint density at radius 2 is 1.33 bits per heavy atom. The Bertz CT molecular complexity index is 952. The van der Waals surface area contributed by atoms with Crippen LogP contribution in [-0.4, -0.2) is 25.1 Å². The normalized spacial score (nSPS) is 10.5. The number of methoxy groups -OCH3 is 2. The van der Waals surface area contributed by atoms with Crippen LogP contribution in [0.1, 0.15) is 23.5 Å². The molecule has 0 bridgehead atoms. The Labute approximate surface area is 174 Å². The van der Waals surface area contributed by atoms with Crippen molar-refractivity contribution in [3.05, 3.63) is 94.0 Å². The molecule has 0 aliphatic rings. The topological polar surface area (TPSA) is 90.7 Å². The highest BCUT2D eigenvalue weighted by atomic mass is 16.6. The fraction of sp³-hybridized carbons (Fsp3) is 0.174. The predicted molar refractivity (Wildman–Crippen MR) is 114 cm³/mol. The smallest absolute Gasteiger partial charge is 0.269 e. The number of non-ortho nitro benzene ring substituents is 1. The Kier molecular flexibility index (Phi) is 6.64. The minimum Gasteiger partial charge on any atom is -0.497 e. The lowest BCUT2D eigenvalue weighted by Crippen LogP contribution is -2.16. The second-order valence-electron chi connectivity index (χ2n) is 6.66. The molecule has 0 radical (unpaired) electrons. The third-order valence-electron chi connectivity index (χ3n) is 4.79. The van der Waals surface area contributed by atoms with Crippen molar-refractivity contribution in [1.82, 2.24) is 0 Å². The summed E-state index contributed by atoms with van der Waals surface area (Å²) in [6.07, 6.45) is 0.204. The van der Waals surface area contributed by atoms with Crippen LogP contribution in [0.15, 0.2) is 72.8 Å². The molecule has 0 atom stereocenters. The van der Waals surface area contributed by atoms with E-state index in [2.05, 4.69) is 5.32 Å². The highest BCUT2D eigenvalue weighted by Crippen LogP contribution is 2.31. The molecule has 30 heavy (non-hydrogen) atoms. The molecule has 3 rings (SSSR count). The number of nitrogens with one attached hydrogen (secondary N) is 1. The van der Waals surface area contributed by atoms with Gasteiger partial charge in [-0.05, 0) is 47.5 Å². The molecule has 0 aliphatic carbocycles. The van der Waals surface area contributed by atoms with Crippen molar-refractivity contribution in [1.29, 1.82) is 0 Å². The lowest BCUT2D eigenvalue weighted by atomic mass is 9.88. The molecule has 0 aliphatic heterocycles. The van der Waals surface area contributed by atoms with E-state index in [9.17, 15) is 14.9 Å². The molecule has 7 nitrogen and oxygen atoms in total. The van der Waals surface area contributed by atoms with Crippen LogP contribution in [-0.2, 0) is 4.79 Å². The van der Waals surface area contributed by atoms with Gasteiger partial charge in [0, 0.05) is 30.2 Å². The third-order valence-corrected chi connectivity index (χ3v) is 4.79. The first-order valence-corrected chi connectivity index (χ1v) is 9.32. The van der Waals surface area contributed by atoms with E-state index in [1.54, 1.807) is 14.2 Å². The van der Waals surface area contributed by atoms with Gasteiger partial charge in [0.25, 0.3) is 5.69 Å². The van der Waals surface area contributed by atoms with Gasteiger partial charge in [0.05, 0.1) is 19.1 Å². The summed E-state index contributed by atoms with van der Waals surface area (Å²) in [5, 5.41) is 13.6. The number of nitro groups is 1. The lowest BCUT2D eigenvalue weighted by molar-refractivity contribution is -0.384. The molecule has 0 aromatic heterocycles. The van der Waals surface area contributed by atoms with Crippen LogP contribution in [0.25, 0.3) is 0 Å². The molecule has 3 aromatic carbocycles. The molecular weight excluding hydrogens is 384 g/mol. The molecule has 0 fully saturated rings. The average molecular weight is 406 g/mol. The van der Waals surface area contributed by atoms with E-state index in [0.717, 1.165) is 22.6 Å². The van der Waals surface area contributed by atoms with Gasteiger partial charge in [-0.25, -0.2) is 0 Å². The highest BCUT2D eigenvalue weighted by Gasteiger charge is 2.19. The number of carbonyl (C=O) groups excluding carboxylic acids is 1. The van der Waals surface area contributed by atoms with Crippen molar-refractivity contribution < 1.29 is 19.2 Å². The molecule has 3 aromatic rings. The summed E-state index contributed by atoms with van der Waals surface area (Å²) in [5.74, 6) is 1.10. The van der Waals surface area contributed by atoms with Gasteiger partial charge < -0.3 is 14.8 Å². The first-order valence-electron chi connectivity index (χ1n) is 9.32. The maximum Gasteiger partial charge on any atom is 0.269 e. The number of amides is 1. The Balaban J connectivity index is 1.81. The predicted octanol–water partition coefficient (Wildman–Crippen LogP) is 4.77. The maximum atomic E-state index is 12.7. The highest BCUT2D eigenvalue weighted by molar-refractivity contribution is 5.91. The molecule has 0 saturated heterocycles. The van der Waals surface area contributed by atoms with Crippen molar-refractivity contribution in [2.75, 3.05) is 19.5 Å². The van der Waals surface area contributed by atoms with E-state index in [1.807, 2.05) is 48.5 Å². The zero-order valence-corrected chi connectivity index (χ0v) is 16.7.